The number of fused-ring (bicyclic) bond motifs is 8. The number of benzene rings is 4. The molecular weight excluding hydrogens is 877 g/mol. The maximum atomic E-state index is 13.2. The minimum atomic E-state index is -0.273. The van der Waals surface area contributed by atoms with Gasteiger partial charge in [0.2, 0.25) is 11.8 Å². The molecule has 8 bridgehead atoms. The number of carbonyl (C=O) groups is 2. The summed E-state index contributed by atoms with van der Waals surface area (Å²) >= 11 is 0. The van der Waals surface area contributed by atoms with E-state index in [-0.39, 0.29) is 84.1 Å². The normalized spacial score (nSPS) is 13.2. The van der Waals surface area contributed by atoms with Crippen LogP contribution in [0.25, 0.3) is 0 Å². The molecule has 0 saturated carbocycles. The van der Waals surface area contributed by atoms with Crippen LogP contribution >= 0.6 is 0 Å². The highest BCUT2D eigenvalue weighted by Gasteiger charge is 2.29. The number of hydrogen-bond acceptors (Lipinski definition) is 8. The highest BCUT2D eigenvalue weighted by atomic mass is 16.5. The minimum absolute atomic E-state index is 0.108. The van der Waals surface area contributed by atoms with Gasteiger partial charge in [0.1, 0.15) is 34.5 Å². The lowest BCUT2D eigenvalue weighted by atomic mass is 9.79. The van der Waals surface area contributed by atoms with Gasteiger partial charge in [0.15, 0.2) is 0 Å². The third kappa shape index (κ3) is 12.7. The van der Waals surface area contributed by atoms with Gasteiger partial charge in [-0.15, -0.1) is 0 Å². The summed E-state index contributed by atoms with van der Waals surface area (Å²) < 4.78 is 24.4. The lowest BCUT2D eigenvalue weighted by Gasteiger charge is -2.28. The van der Waals surface area contributed by atoms with Crippen LogP contribution in [-0.2, 0) is 70.0 Å². The Morgan fingerprint density at radius 2 is 0.743 bits per heavy atom. The number of nitrogens with one attached hydrogen (secondary N) is 2. The summed E-state index contributed by atoms with van der Waals surface area (Å²) in [5, 5.41) is 31.1. The van der Waals surface area contributed by atoms with Crippen molar-refractivity contribution in [2.24, 2.45) is 0 Å². The van der Waals surface area contributed by atoms with Gasteiger partial charge >= 0.3 is 0 Å². The van der Waals surface area contributed by atoms with Gasteiger partial charge in [0.05, 0.1) is 51.7 Å². The van der Waals surface area contributed by atoms with Crippen LogP contribution in [-0.4, -0.2) is 35.2 Å². The van der Waals surface area contributed by atoms with Crippen molar-refractivity contribution in [2.45, 2.75) is 156 Å². The second kappa shape index (κ2) is 20.5. The molecule has 0 fully saturated rings. The van der Waals surface area contributed by atoms with Crippen molar-refractivity contribution in [1.29, 1.82) is 0 Å². The number of furan rings is 2. The zero-order valence-electron chi connectivity index (χ0n) is 43.5. The fraction of sp³-hybridized carbons (Fsp3) is 0.433. The maximum Gasteiger partial charge on any atom is 0.223 e. The van der Waals surface area contributed by atoms with E-state index in [0.717, 1.165) is 66.8 Å². The summed E-state index contributed by atoms with van der Waals surface area (Å²) in [5.41, 5.74) is 9.69. The molecule has 0 saturated heterocycles. The molecule has 7 rings (SSSR count). The van der Waals surface area contributed by atoms with E-state index in [2.05, 4.69) is 142 Å². The van der Waals surface area contributed by atoms with E-state index in [1.165, 1.54) is 0 Å². The zero-order valence-corrected chi connectivity index (χ0v) is 43.5. The number of phenolic OH excluding ortho intramolecular Hbond substituents is 2. The van der Waals surface area contributed by atoms with Crippen molar-refractivity contribution in [1.82, 2.24) is 10.6 Å². The number of amides is 2. The largest absolute Gasteiger partial charge is 0.507 e. The van der Waals surface area contributed by atoms with Gasteiger partial charge in [-0.2, -0.15) is 0 Å². The standard InChI is InChI=1S/C60H74N2O8/c1-57(2,3)45-27-37-23-41-31-47(59(7,8)9)33-43(55(41)69-21-17-51(63)61-35-49-15-13-19-67-49)25-39-29-46(58(4,5)6)30-40(54(39)66)26-44-34-48(60(10,11)12)32-42(24-38(28-45)53(37)65)56(44)70-22-18-52(64)62-36-50-16-14-20-68-50/h13-16,19-20,27-34,65-66H,17-18,21-26,35-36H2,1-12H3,(H,61,63)(H,62,64). The van der Waals surface area contributed by atoms with E-state index in [1.807, 2.05) is 12.1 Å². The molecule has 0 aliphatic heterocycles. The fourth-order valence-corrected chi connectivity index (χ4v) is 8.88. The van der Waals surface area contributed by atoms with Crippen molar-refractivity contribution in [3.05, 3.63) is 164 Å². The SMILES string of the molecule is CC(C)(C)c1cc2c(O)c(c1)Cc1cc(C(C)(C)C)cc(c1OCCC(=O)NCc1ccco1)Cc1cc(C(C)(C)C)cc(c1O)Cc1cc(C(C)(C)C)cc(c1OCCC(=O)NCc1ccco1)C2. The van der Waals surface area contributed by atoms with Crippen LogP contribution in [0.15, 0.2) is 94.2 Å². The number of hydrogen-bond donors (Lipinski definition) is 4. The summed E-state index contributed by atoms with van der Waals surface area (Å²) in [5.74, 6) is 2.63. The first kappa shape index (κ1) is 51.4. The van der Waals surface area contributed by atoms with Gasteiger partial charge in [-0.3, -0.25) is 9.59 Å². The van der Waals surface area contributed by atoms with Crippen molar-refractivity contribution < 1.29 is 38.1 Å². The molecule has 1 aliphatic carbocycles. The van der Waals surface area contributed by atoms with Crippen LogP contribution in [0, 0.1) is 0 Å². The van der Waals surface area contributed by atoms with Gasteiger partial charge < -0.3 is 39.2 Å². The number of carbonyl (C=O) groups excluding carboxylic acids is 2. The van der Waals surface area contributed by atoms with E-state index >= 15 is 0 Å². The second-order valence-electron chi connectivity index (χ2n) is 23.1. The summed E-state index contributed by atoms with van der Waals surface area (Å²) in [6.45, 7) is 27.0. The number of phenols is 2. The van der Waals surface area contributed by atoms with Gasteiger partial charge in [-0.1, -0.05) is 132 Å². The Hall–Kier alpha value is -6.42. The van der Waals surface area contributed by atoms with Crippen LogP contribution in [0.4, 0.5) is 0 Å². The summed E-state index contributed by atoms with van der Waals surface area (Å²) in [6.07, 6.45) is 4.73. The Labute approximate surface area is 415 Å². The lowest BCUT2D eigenvalue weighted by molar-refractivity contribution is -0.122. The molecule has 2 aromatic heterocycles. The van der Waals surface area contributed by atoms with E-state index in [4.69, 9.17) is 18.3 Å². The Morgan fingerprint density at radius 1 is 0.471 bits per heavy atom. The molecule has 70 heavy (non-hydrogen) atoms. The highest BCUT2D eigenvalue weighted by Crippen LogP contribution is 2.44. The van der Waals surface area contributed by atoms with E-state index in [0.29, 0.717) is 48.7 Å². The molecule has 1 aliphatic rings. The first-order valence-electron chi connectivity index (χ1n) is 24.7. The van der Waals surface area contributed by atoms with Gasteiger partial charge in [0.25, 0.3) is 0 Å². The molecule has 4 N–H and O–H groups in total. The quantitative estimate of drug-likeness (QED) is 0.0948. The number of ether oxygens (including phenoxy) is 2. The summed E-state index contributed by atoms with van der Waals surface area (Å²) in [4.78, 5) is 26.4. The average Bonchev–Trinajstić information content (AvgIpc) is 4.00. The topological polar surface area (TPSA) is 143 Å². The monoisotopic (exact) mass is 951 g/mol. The number of rotatable bonds is 12. The first-order chi connectivity index (χ1) is 32.8. The molecule has 0 radical (unpaired) electrons. The van der Waals surface area contributed by atoms with Gasteiger partial charge in [0, 0.05) is 25.7 Å². The fourth-order valence-electron chi connectivity index (χ4n) is 8.88. The maximum absolute atomic E-state index is 13.2. The van der Waals surface area contributed by atoms with Crippen LogP contribution in [0.5, 0.6) is 23.0 Å². The first-order valence-corrected chi connectivity index (χ1v) is 24.7. The molecule has 6 aromatic rings. The highest BCUT2D eigenvalue weighted by molar-refractivity contribution is 5.76. The molecule has 0 unspecified atom stereocenters. The molecule has 0 atom stereocenters. The molecule has 10 nitrogen and oxygen atoms in total. The van der Waals surface area contributed by atoms with E-state index in [9.17, 15) is 19.8 Å². The van der Waals surface area contributed by atoms with Crippen molar-refractivity contribution in [3.63, 3.8) is 0 Å². The van der Waals surface area contributed by atoms with Gasteiger partial charge in [-0.05, 0) is 113 Å². The predicted octanol–water partition coefficient (Wildman–Crippen LogP) is 12.3. The van der Waals surface area contributed by atoms with Crippen LogP contribution in [0.2, 0.25) is 0 Å². The van der Waals surface area contributed by atoms with E-state index < -0.39 is 0 Å². The molecule has 372 valence electrons. The molecular formula is C60H74N2O8. The third-order valence-corrected chi connectivity index (χ3v) is 13.2. The van der Waals surface area contributed by atoms with Crippen molar-refractivity contribution in [2.75, 3.05) is 13.2 Å². The lowest BCUT2D eigenvalue weighted by Crippen LogP contribution is -2.24. The van der Waals surface area contributed by atoms with Crippen molar-refractivity contribution in [3.8, 4) is 23.0 Å². The van der Waals surface area contributed by atoms with Crippen LogP contribution < -0.4 is 20.1 Å². The zero-order chi connectivity index (χ0) is 50.8. The molecule has 0 spiro atoms. The number of aromatic hydroxyl groups is 2. The summed E-state index contributed by atoms with van der Waals surface area (Å²) in [7, 11) is 0. The predicted molar refractivity (Wildman–Crippen MR) is 276 cm³/mol. The summed E-state index contributed by atoms with van der Waals surface area (Å²) in [6, 6.07) is 24.4. The Bertz CT molecular complexity index is 2520. The average molecular weight is 951 g/mol. The minimum Gasteiger partial charge on any atom is -0.507 e. The van der Waals surface area contributed by atoms with Gasteiger partial charge in [-0.25, -0.2) is 0 Å². The smallest absolute Gasteiger partial charge is 0.223 e. The Balaban J connectivity index is 1.41. The third-order valence-electron chi connectivity index (χ3n) is 13.2. The molecule has 2 amide bonds. The molecule has 2 heterocycles. The van der Waals surface area contributed by atoms with Crippen molar-refractivity contribution >= 4 is 11.8 Å². The van der Waals surface area contributed by atoms with Crippen LogP contribution in [0.1, 0.15) is 174 Å². The Morgan fingerprint density at radius 3 is 0.986 bits per heavy atom. The van der Waals surface area contributed by atoms with E-state index in [1.54, 1.807) is 24.7 Å². The molecule has 4 aromatic carbocycles. The van der Waals surface area contributed by atoms with Crippen LogP contribution in [0.3, 0.4) is 0 Å². The molecule has 10 heteroatoms. The Kier molecular flexibility index (Phi) is 15.1. The second-order valence-corrected chi connectivity index (χ2v) is 23.1.